The van der Waals surface area contributed by atoms with Gasteiger partial charge in [-0.1, -0.05) is 0 Å². The largest absolute Gasteiger partial charge is 0.448 e. The van der Waals surface area contributed by atoms with Crippen LogP contribution in [0.5, 0.6) is 0 Å². The van der Waals surface area contributed by atoms with E-state index in [2.05, 4.69) is 31.2 Å². The standard InChI is InChI=1S/C31H36N6O4/c38-28(6-1-2-13-37-14-4-7-29(37)39)23-10-11-27(36-17-15-35(16-18-36)24-5-3-12-32-20-24)25(19-23)33-30(40)26-21-41-31(34-26)22-8-9-22/h3,5,10-12,19-22H,1-2,4,6-9,13-18H2,(H,33,40). The average molecular weight is 557 g/mol. The fraction of sp³-hybridized carbons (Fsp3) is 0.452. The summed E-state index contributed by atoms with van der Waals surface area (Å²) in [5.41, 5.74) is 3.36. The Labute approximate surface area is 239 Å². The van der Waals surface area contributed by atoms with Gasteiger partial charge >= 0.3 is 0 Å². The highest BCUT2D eigenvalue weighted by Gasteiger charge is 2.30. The zero-order valence-electron chi connectivity index (χ0n) is 23.3. The van der Waals surface area contributed by atoms with Crippen molar-refractivity contribution in [1.82, 2.24) is 14.9 Å². The lowest BCUT2D eigenvalue weighted by atomic mass is 10.0. The van der Waals surface area contributed by atoms with Crippen LogP contribution in [-0.2, 0) is 4.79 Å². The average Bonchev–Trinajstić information content (AvgIpc) is 3.59. The Morgan fingerprint density at radius 2 is 1.85 bits per heavy atom. The maximum absolute atomic E-state index is 13.2. The highest BCUT2D eigenvalue weighted by atomic mass is 16.3. The maximum atomic E-state index is 13.2. The topological polar surface area (TPSA) is 112 Å². The number of carbonyl (C=O) groups excluding carboxylic acids is 3. The van der Waals surface area contributed by atoms with Gasteiger partial charge in [0.1, 0.15) is 6.26 Å². The number of hydrogen-bond acceptors (Lipinski definition) is 8. The Morgan fingerprint density at radius 3 is 2.59 bits per heavy atom. The minimum absolute atomic E-state index is 0.0265. The minimum atomic E-state index is -0.351. The van der Waals surface area contributed by atoms with Crippen LogP contribution in [0.1, 0.15) is 77.6 Å². The van der Waals surface area contributed by atoms with E-state index in [-0.39, 0.29) is 23.3 Å². The number of hydrogen-bond donors (Lipinski definition) is 1. The predicted octanol–water partition coefficient (Wildman–Crippen LogP) is 4.50. The first-order valence-electron chi connectivity index (χ1n) is 14.7. The molecule has 0 spiro atoms. The quantitative estimate of drug-likeness (QED) is 0.271. The van der Waals surface area contributed by atoms with Crippen LogP contribution in [0.3, 0.4) is 0 Å². The van der Waals surface area contributed by atoms with Crippen LogP contribution in [0, 0.1) is 0 Å². The van der Waals surface area contributed by atoms with Crippen molar-refractivity contribution in [2.75, 3.05) is 54.4 Å². The smallest absolute Gasteiger partial charge is 0.277 e. The molecule has 0 bridgehead atoms. The van der Waals surface area contributed by atoms with Crippen molar-refractivity contribution in [1.29, 1.82) is 0 Å². The van der Waals surface area contributed by atoms with Gasteiger partial charge in [-0.25, -0.2) is 4.98 Å². The molecule has 2 aliphatic heterocycles. The molecule has 1 N–H and O–H groups in total. The first-order valence-corrected chi connectivity index (χ1v) is 14.7. The van der Waals surface area contributed by atoms with Gasteiger partial charge in [-0.2, -0.15) is 0 Å². The molecule has 0 radical (unpaired) electrons. The van der Waals surface area contributed by atoms with E-state index in [4.69, 9.17) is 4.42 Å². The Morgan fingerprint density at radius 1 is 1.02 bits per heavy atom. The van der Waals surface area contributed by atoms with Crippen molar-refractivity contribution < 1.29 is 18.8 Å². The van der Waals surface area contributed by atoms with E-state index in [1.54, 1.807) is 12.3 Å². The Hall–Kier alpha value is -4.21. The van der Waals surface area contributed by atoms with Crippen molar-refractivity contribution in [3.63, 3.8) is 0 Å². The number of likely N-dealkylation sites (tertiary alicyclic amines) is 1. The van der Waals surface area contributed by atoms with Gasteiger partial charge in [0.05, 0.1) is 23.3 Å². The first kappa shape index (κ1) is 27.0. The normalized spacial score (nSPS) is 17.3. The van der Waals surface area contributed by atoms with Gasteiger partial charge in [0.25, 0.3) is 5.91 Å². The van der Waals surface area contributed by atoms with E-state index >= 15 is 0 Å². The lowest BCUT2D eigenvalue weighted by Crippen LogP contribution is -2.46. The van der Waals surface area contributed by atoms with Gasteiger partial charge in [0.15, 0.2) is 17.4 Å². The first-order chi connectivity index (χ1) is 20.0. The Kier molecular flexibility index (Phi) is 7.98. The summed E-state index contributed by atoms with van der Waals surface area (Å²) in [4.78, 5) is 53.3. The third-order valence-electron chi connectivity index (χ3n) is 8.13. The molecule has 4 heterocycles. The summed E-state index contributed by atoms with van der Waals surface area (Å²) in [7, 11) is 0. The number of piperazine rings is 1. The molecule has 2 aromatic heterocycles. The predicted molar refractivity (Wildman–Crippen MR) is 156 cm³/mol. The second-order valence-corrected chi connectivity index (χ2v) is 11.1. The molecular formula is C31H36N6O4. The van der Waals surface area contributed by atoms with E-state index < -0.39 is 0 Å². The molecule has 10 heteroatoms. The summed E-state index contributed by atoms with van der Waals surface area (Å²) >= 11 is 0. The van der Waals surface area contributed by atoms with Crippen molar-refractivity contribution in [2.45, 2.75) is 50.9 Å². The number of pyridine rings is 1. The Bertz CT molecular complexity index is 1390. The number of rotatable bonds is 11. The summed E-state index contributed by atoms with van der Waals surface area (Å²) in [5, 5.41) is 3.02. The number of carbonyl (C=O) groups is 3. The van der Waals surface area contributed by atoms with E-state index in [0.717, 1.165) is 69.8 Å². The number of aromatic nitrogens is 2. The van der Waals surface area contributed by atoms with Gasteiger partial charge < -0.3 is 24.4 Å². The highest BCUT2D eigenvalue weighted by molar-refractivity contribution is 6.06. The summed E-state index contributed by atoms with van der Waals surface area (Å²) in [6, 6.07) is 9.58. The number of nitrogens with one attached hydrogen (secondary N) is 1. The van der Waals surface area contributed by atoms with Gasteiger partial charge in [-0.3, -0.25) is 19.4 Å². The SMILES string of the molecule is O=C(CCCCN1CCCC1=O)c1ccc(N2CCN(c3cccnc3)CC2)c(NC(=O)c2coc(C3CC3)n2)c1. The highest BCUT2D eigenvalue weighted by Crippen LogP contribution is 2.39. The fourth-order valence-electron chi connectivity index (χ4n) is 5.60. The van der Waals surface area contributed by atoms with Crippen LogP contribution in [0.4, 0.5) is 17.1 Å². The fourth-order valence-corrected chi connectivity index (χ4v) is 5.60. The number of Topliss-reactive ketones (excluding diaryl/α,β-unsaturated/α-hetero) is 1. The second-order valence-electron chi connectivity index (χ2n) is 11.1. The Balaban J connectivity index is 1.14. The molecule has 0 unspecified atom stereocenters. The van der Waals surface area contributed by atoms with Gasteiger partial charge in [0, 0.05) is 69.8 Å². The molecule has 6 rings (SSSR count). The van der Waals surface area contributed by atoms with Crippen LogP contribution in [0.15, 0.2) is 53.4 Å². The van der Waals surface area contributed by atoms with Crippen LogP contribution in [0.25, 0.3) is 0 Å². The van der Waals surface area contributed by atoms with Crippen LogP contribution in [0.2, 0.25) is 0 Å². The number of unbranched alkanes of at least 4 members (excludes halogenated alkanes) is 1. The van der Waals surface area contributed by atoms with Crippen LogP contribution < -0.4 is 15.1 Å². The van der Waals surface area contributed by atoms with Crippen molar-refractivity contribution in [3.8, 4) is 0 Å². The number of anilines is 3. The van der Waals surface area contributed by atoms with E-state index in [0.29, 0.717) is 48.9 Å². The molecule has 2 amide bonds. The molecule has 1 aromatic carbocycles. The van der Waals surface area contributed by atoms with Crippen molar-refractivity contribution in [3.05, 3.63) is 66.1 Å². The summed E-state index contributed by atoms with van der Waals surface area (Å²) in [5.74, 6) is 0.813. The van der Waals surface area contributed by atoms with Crippen LogP contribution >= 0.6 is 0 Å². The zero-order valence-corrected chi connectivity index (χ0v) is 23.3. The third-order valence-corrected chi connectivity index (χ3v) is 8.13. The maximum Gasteiger partial charge on any atom is 0.277 e. The van der Waals surface area contributed by atoms with E-state index in [1.165, 1.54) is 6.26 Å². The molecule has 1 saturated carbocycles. The lowest BCUT2D eigenvalue weighted by molar-refractivity contribution is -0.127. The summed E-state index contributed by atoms with van der Waals surface area (Å²) in [6.45, 7) is 4.67. The molecule has 41 heavy (non-hydrogen) atoms. The molecule has 10 nitrogen and oxygen atoms in total. The summed E-state index contributed by atoms with van der Waals surface area (Å²) < 4.78 is 5.54. The minimum Gasteiger partial charge on any atom is -0.448 e. The molecule has 3 aliphatic rings. The van der Waals surface area contributed by atoms with E-state index in [9.17, 15) is 14.4 Å². The molecule has 0 atom stereocenters. The number of oxazole rings is 1. The van der Waals surface area contributed by atoms with E-state index in [1.807, 2.05) is 29.3 Å². The second kappa shape index (κ2) is 12.1. The third kappa shape index (κ3) is 6.42. The lowest BCUT2D eigenvalue weighted by Gasteiger charge is -2.38. The monoisotopic (exact) mass is 556 g/mol. The number of ketones is 1. The van der Waals surface area contributed by atoms with Gasteiger partial charge in [-0.15, -0.1) is 0 Å². The van der Waals surface area contributed by atoms with Crippen molar-refractivity contribution >= 4 is 34.7 Å². The molecule has 3 fully saturated rings. The number of amides is 2. The number of benzene rings is 1. The summed E-state index contributed by atoms with van der Waals surface area (Å²) in [6.07, 6.45) is 10.6. The van der Waals surface area contributed by atoms with Gasteiger partial charge in [-0.05, 0) is 62.4 Å². The molecule has 3 aromatic rings. The molecular weight excluding hydrogens is 520 g/mol. The van der Waals surface area contributed by atoms with Crippen molar-refractivity contribution in [2.24, 2.45) is 0 Å². The molecule has 214 valence electrons. The van der Waals surface area contributed by atoms with Gasteiger partial charge in [0.2, 0.25) is 5.91 Å². The number of nitrogens with zero attached hydrogens (tertiary/aromatic N) is 5. The molecule has 1 aliphatic carbocycles. The molecule has 2 saturated heterocycles. The van der Waals surface area contributed by atoms with Crippen LogP contribution in [-0.4, -0.2) is 71.7 Å². The zero-order chi connectivity index (χ0) is 28.2.